The number of rotatable bonds is 11. The second-order valence-corrected chi connectivity index (χ2v) is 5.32. The Morgan fingerprint density at radius 3 is 2.42 bits per heavy atom. The third-order valence-corrected chi connectivity index (χ3v) is 3.73. The summed E-state index contributed by atoms with van der Waals surface area (Å²) < 4.78 is 21.3. The minimum absolute atomic E-state index is 0.158. The van der Waals surface area contributed by atoms with Gasteiger partial charge in [-0.15, -0.1) is 6.58 Å². The summed E-state index contributed by atoms with van der Waals surface area (Å²) in [7, 11) is 4.69. The molecule has 0 saturated carbocycles. The first-order valence-corrected chi connectivity index (χ1v) is 7.73. The van der Waals surface area contributed by atoms with Crippen LogP contribution in [-0.2, 0) is 25.6 Å². The molecule has 24 heavy (non-hydrogen) atoms. The Kier molecular flexibility index (Phi) is 9.07. The number of ether oxygens (including phenoxy) is 4. The van der Waals surface area contributed by atoms with Crippen LogP contribution in [0.3, 0.4) is 0 Å². The SMILES string of the molecule is C=C[C@@H](OCc1ccc(OC)cc1)[C@@H](OC)[C@H](C)C(=O)NCOC. The topological polar surface area (TPSA) is 66.0 Å². The van der Waals surface area contributed by atoms with E-state index in [2.05, 4.69) is 11.9 Å². The Hall–Kier alpha value is -1.89. The molecule has 1 aromatic rings. The first kappa shape index (κ1) is 20.2. The molecule has 6 nitrogen and oxygen atoms in total. The number of amides is 1. The Morgan fingerprint density at radius 2 is 1.92 bits per heavy atom. The summed E-state index contributed by atoms with van der Waals surface area (Å²) in [5, 5.41) is 2.67. The molecular weight excluding hydrogens is 310 g/mol. The van der Waals surface area contributed by atoms with Crippen LogP contribution in [0.15, 0.2) is 36.9 Å². The van der Waals surface area contributed by atoms with Gasteiger partial charge in [-0.05, 0) is 17.7 Å². The first-order chi connectivity index (χ1) is 11.6. The van der Waals surface area contributed by atoms with Crippen molar-refractivity contribution in [1.29, 1.82) is 0 Å². The molecule has 1 rings (SSSR count). The number of hydrogen-bond donors (Lipinski definition) is 1. The zero-order valence-electron chi connectivity index (χ0n) is 14.8. The van der Waals surface area contributed by atoms with Gasteiger partial charge in [0.1, 0.15) is 18.6 Å². The molecule has 0 fully saturated rings. The van der Waals surface area contributed by atoms with Crippen molar-refractivity contribution in [3.63, 3.8) is 0 Å². The molecular formula is C18H27NO5. The maximum Gasteiger partial charge on any atom is 0.227 e. The third kappa shape index (κ3) is 5.96. The molecule has 0 heterocycles. The molecule has 0 aliphatic carbocycles. The summed E-state index contributed by atoms with van der Waals surface area (Å²) in [5.41, 5.74) is 0.994. The molecule has 134 valence electrons. The van der Waals surface area contributed by atoms with Crippen LogP contribution in [0, 0.1) is 5.92 Å². The molecule has 0 spiro atoms. The highest BCUT2D eigenvalue weighted by Gasteiger charge is 2.30. The van der Waals surface area contributed by atoms with Gasteiger partial charge < -0.3 is 24.3 Å². The molecule has 0 aliphatic heterocycles. The van der Waals surface area contributed by atoms with E-state index in [0.29, 0.717) is 6.61 Å². The van der Waals surface area contributed by atoms with Crippen LogP contribution < -0.4 is 10.1 Å². The minimum Gasteiger partial charge on any atom is -0.497 e. The largest absolute Gasteiger partial charge is 0.497 e. The van der Waals surface area contributed by atoms with Crippen molar-refractivity contribution in [2.24, 2.45) is 5.92 Å². The summed E-state index contributed by atoms with van der Waals surface area (Å²) in [6, 6.07) is 7.59. The van der Waals surface area contributed by atoms with Gasteiger partial charge in [0.25, 0.3) is 0 Å². The van der Waals surface area contributed by atoms with Gasteiger partial charge in [-0.2, -0.15) is 0 Å². The van der Waals surface area contributed by atoms with Crippen molar-refractivity contribution in [3.8, 4) is 5.75 Å². The second-order valence-electron chi connectivity index (χ2n) is 5.32. The highest BCUT2D eigenvalue weighted by Crippen LogP contribution is 2.18. The molecule has 0 saturated heterocycles. The van der Waals surface area contributed by atoms with E-state index in [4.69, 9.17) is 18.9 Å². The lowest BCUT2D eigenvalue weighted by Crippen LogP contribution is -2.43. The van der Waals surface area contributed by atoms with Crippen molar-refractivity contribution in [1.82, 2.24) is 5.32 Å². The first-order valence-electron chi connectivity index (χ1n) is 7.73. The summed E-state index contributed by atoms with van der Waals surface area (Å²) in [4.78, 5) is 12.1. The molecule has 3 atom stereocenters. The van der Waals surface area contributed by atoms with Crippen molar-refractivity contribution >= 4 is 5.91 Å². The van der Waals surface area contributed by atoms with Crippen LogP contribution in [0.5, 0.6) is 5.75 Å². The van der Waals surface area contributed by atoms with Crippen LogP contribution in [0.25, 0.3) is 0 Å². The molecule has 1 N–H and O–H groups in total. The van der Waals surface area contributed by atoms with Crippen LogP contribution in [0.4, 0.5) is 0 Å². The van der Waals surface area contributed by atoms with E-state index >= 15 is 0 Å². The van der Waals surface area contributed by atoms with Gasteiger partial charge in [-0.3, -0.25) is 4.79 Å². The van der Waals surface area contributed by atoms with Crippen LogP contribution in [-0.4, -0.2) is 46.2 Å². The fourth-order valence-corrected chi connectivity index (χ4v) is 2.29. The lowest BCUT2D eigenvalue weighted by Gasteiger charge is -2.28. The highest BCUT2D eigenvalue weighted by atomic mass is 16.5. The van der Waals surface area contributed by atoms with E-state index < -0.39 is 18.1 Å². The van der Waals surface area contributed by atoms with Crippen LogP contribution in [0.2, 0.25) is 0 Å². The van der Waals surface area contributed by atoms with E-state index in [1.165, 1.54) is 7.11 Å². The zero-order chi connectivity index (χ0) is 17.9. The summed E-state index contributed by atoms with van der Waals surface area (Å²) in [6.07, 6.45) is 0.788. The van der Waals surface area contributed by atoms with E-state index in [9.17, 15) is 4.79 Å². The molecule has 1 amide bonds. The maximum atomic E-state index is 12.1. The van der Waals surface area contributed by atoms with Crippen molar-refractivity contribution < 1.29 is 23.7 Å². The van der Waals surface area contributed by atoms with Gasteiger partial charge in [0.05, 0.1) is 25.7 Å². The number of benzene rings is 1. The van der Waals surface area contributed by atoms with Gasteiger partial charge in [-0.25, -0.2) is 0 Å². The van der Waals surface area contributed by atoms with Crippen molar-refractivity contribution in [3.05, 3.63) is 42.5 Å². The van der Waals surface area contributed by atoms with Gasteiger partial charge in [-0.1, -0.05) is 25.1 Å². The van der Waals surface area contributed by atoms with E-state index in [-0.39, 0.29) is 12.6 Å². The van der Waals surface area contributed by atoms with E-state index in [1.54, 1.807) is 27.2 Å². The second kappa shape index (κ2) is 10.8. The molecule has 0 bridgehead atoms. The lowest BCUT2D eigenvalue weighted by molar-refractivity contribution is -0.135. The van der Waals surface area contributed by atoms with Gasteiger partial charge in [0.2, 0.25) is 5.91 Å². The number of carbonyl (C=O) groups is 1. The molecule has 0 radical (unpaired) electrons. The zero-order valence-corrected chi connectivity index (χ0v) is 14.8. The van der Waals surface area contributed by atoms with E-state index in [1.807, 2.05) is 24.3 Å². The summed E-state index contributed by atoms with van der Waals surface area (Å²) in [6.45, 7) is 6.12. The quantitative estimate of drug-likeness (QED) is 0.495. The standard InChI is InChI=1S/C18H27NO5/c1-6-16(17(23-5)13(2)18(20)19-12-21-3)24-11-14-7-9-15(22-4)10-8-14/h6-10,13,16-17H,1,11-12H2,2-5H3,(H,19,20)/t13-,16+,17-/m0/s1. The lowest BCUT2D eigenvalue weighted by atomic mass is 9.98. The van der Waals surface area contributed by atoms with Crippen LogP contribution in [0.1, 0.15) is 12.5 Å². The Balaban J connectivity index is 2.66. The van der Waals surface area contributed by atoms with Crippen molar-refractivity contribution in [2.45, 2.75) is 25.7 Å². The predicted molar refractivity (Wildman–Crippen MR) is 91.7 cm³/mol. The number of nitrogens with one attached hydrogen (secondary N) is 1. The number of hydrogen-bond acceptors (Lipinski definition) is 5. The van der Waals surface area contributed by atoms with Gasteiger partial charge in [0.15, 0.2) is 0 Å². The minimum atomic E-state index is -0.447. The van der Waals surface area contributed by atoms with E-state index in [0.717, 1.165) is 11.3 Å². The van der Waals surface area contributed by atoms with Crippen LogP contribution >= 0.6 is 0 Å². The van der Waals surface area contributed by atoms with Crippen molar-refractivity contribution in [2.75, 3.05) is 28.1 Å². The average molecular weight is 337 g/mol. The van der Waals surface area contributed by atoms with Gasteiger partial charge >= 0.3 is 0 Å². The Bertz CT molecular complexity index is 503. The smallest absolute Gasteiger partial charge is 0.227 e. The molecule has 0 aromatic heterocycles. The highest BCUT2D eigenvalue weighted by molar-refractivity contribution is 5.78. The Morgan fingerprint density at radius 1 is 1.25 bits per heavy atom. The number of carbonyl (C=O) groups excluding carboxylic acids is 1. The normalized spacial score (nSPS) is 14.5. The summed E-state index contributed by atoms with van der Waals surface area (Å²) in [5.74, 6) is 0.213. The monoisotopic (exact) mass is 337 g/mol. The third-order valence-electron chi connectivity index (χ3n) is 3.73. The molecule has 1 aromatic carbocycles. The molecule has 6 heteroatoms. The molecule has 0 aliphatic rings. The predicted octanol–water partition coefficient (Wildman–Crippen LogP) is 2.14. The number of methoxy groups -OCH3 is 3. The molecule has 0 unspecified atom stereocenters. The van der Waals surface area contributed by atoms with Gasteiger partial charge in [0, 0.05) is 14.2 Å². The Labute approximate surface area is 143 Å². The maximum absolute atomic E-state index is 12.1. The summed E-state index contributed by atoms with van der Waals surface area (Å²) >= 11 is 0. The fourth-order valence-electron chi connectivity index (χ4n) is 2.29. The fraction of sp³-hybridized carbons (Fsp3) is 0.500. The average Bonchev–Trinajstić information content (AvgIpc) is 2.63.